The molecule has 1 atom stereocenters. The summed E-state index contributed by atoms with van der Waals surface area (Å²) in [5, 5.41) is 0. The van der Waals surface area contributed by atoms with E-state index in [2.05, 4.69) is 9.97 Å². The second-order valence-electron chi connectivity index (χ2n) is 2.97. The van der Waals surface area contributed by atoms with Gasteiger partial charge >= 0.3 is 5.97 Å². The van der Waals surface area contributed by atoms with E-state index in [1.165, 1.54) is 25.6 Å². The summed E-state index contributed by atoms with van der Waals surface area (Å²) in [5.74, 6) is -1.66. The Morgan fingerprint density at radius 3 is 2.53 bits per heavy atom. The Bertz CT molecular complexity index is 351. The topological polar surface area (TPSA) is 69.2 Å². The Morgan fingerprint density at radius 2 is 2.00 bits per heavy atom. The molecule has 0 bridgehead atoms. The number of aromatic nitrogens is 2. The van der Waals surface area contributed by atoms with E-state index in [-0.39, 0.29) is 12.4 Å². The lowest BCUT2D eigenvalue weighted by Crippen LogP contribution is -2.23. The third kappa shape index (κ3) is 2.83. The Hall–Kier alpha value is -1.78. The van der Waals surface area contributed by atoms with E-state index in [1.54, 1.807) is 6.92 Å². The van der Waals surface area contributed by atoms with E-state index in [0.717, 1.165) is 0 Å². The first-order valence-electron chi connectivity index (χ1n) is 4.62. The fourth-order valence-corrected chi connectivity index (χ4v) is 1.05. The molecule has 0 fully saturated rings. The first-order valence-corrected chi connectivity index (χ1v) is 4.62. The summed E-state index contributed by atoms with van der Waals surface area (Å²) in [6.07, 6.45) is 4.09. The van der Waals surface area contributed by atoms with Crippen LogP contribution in [0.15, 0.2) is 18.7 Å². The molecule has 0 N–H and O–H groups in total. The molecule has 0 saturated heterocycles. The van der Waals surface area contributed by atoms with Gasteiger partial charge in [-0.05, 0) is 13.8 Å². The summed E-state index contributed by atoms with van der Waals surface area (Å²) in [5.41, 5.74) is 0.318. The second kappa shape index (κ2) is 5.19. The van der Waals surface area contributed by atoms with Crippen molar-refractivity contribution in [2.24, 2.45) is 5.92 Å². The molecule has 0 radical (unpaired) electrons. The number of rotatable bonds is 4. The highest BCUT2D eigenvalue weighted by molar-refractivity contribution is 6.07. The van der Waals surface area contributed by atoms with Gasteiger partial charge in [0.1, 0.15) is 12.2 Å². The molecule has 5 heteroatoms. The quantitative estimate of drug-likeness (QED) is 0.417. The summed E-state index contributed by atoms with van der Waals surface area (Å²) < 4.78 is 4.75. The largest absolute Gasteiger partial charge is 0.465 e. The van der Waals surface area contributed by atoms with Crippen LogP contribution in [0.3, 0.4) is 0 Å². The molecule has 1 heterocycles. The Morgan fingerprint density at radius 1 is 1.40 bits per heavy atom. The second-order valence-corrected chi connectivity index (χ2v) is 2.97. The van der Waals surface area contributed by atoms with Crippen LogP contribution in [0.4, 0.5) is 0 Å². The molecule has 1 aromatic heterocycles. The van der Waals surface area contributed by atoms with Crippen LogP contribution in [0.25, 0.3) is 0 Å². The minimum Gasteiger partial charge on any atom is -0.465 e. The SMILES string of the molecule is CCOC(=O)C(C)C(=O)c1cncnc1. The molecule has 0 amide bonds. The molecule has 0 aliphatic rings. The molecule has 1 unspecified atom stereocenters. The molecule has 0 saturated carbocycles. The Balaban J connectivity index is 2.73. The lowest BCUT2D eigenvalue weighted by molar-refractivity contribution is -0.145. The zero-order valence-corrected chi connectivity index (χ0v) is 8.64. The molecule has 15 heavy (non-hydrogen) atoms. The van der Waals surface area contributed by atoms with Crippen LogP contribution in [0.1, 0.15) is 24.2 Å². The predicted octanol–water partition coefficient (Wildman–Crippen LogP) is 0.859. The smallest absolute Gasteiger partial charge is 0.316 e. The van der Waals surface area contributed by atoms with E-state index in [9.17, 15) is 9.59 Å². The minimum absolute atomic E-state index is 0.266. The summed E-state index contributed by atoms with van der Waals surface area (Å²) >= 11 is 0. The van der Waals surface area contributed by atoms with Crippen molar-refractivity contribution in [3.63, 3.8) is 0 Å². The van der Waals surface area contributed by atoms with Gasteiger partial charge in [-0.1, -0.05) is 0 Å². The van der Waals surface area contributed by atoms with Crippen molar-refractivity contribution in [3.05, 3.63) is 24.3 Å². The summed E-state index contributed by atoms with van der Waals surface area (Å²) in [6, 6.07) is 0. The van der Waals surface area contributed by atoms with Gasteiger partial charge < -0.3 is 4.74 Å². The van der Waals surface area contributed by atoms with Crippen molar-refractivity contribution in [2.45, 2.75) is 13.8 Å². The number of hydrogen-bond donors (Lipinski definition) is 0. The number of ketones is 1. The maximum absolute atomic E-state index is 11.7. The fourth-order valence-electron chi connectivity index (χ4n) is 1.05. The van der Waals surface area contributed by atoms with Gasteiger partial charge in [-0.15, -0.1) is 0 Å². The minimum atomic E-state index is -0.809. The number of esters is 1. The highest BCUT2D eigenvalue weighted by atomic mass is 16.5. The number of hydrogen-bond acceptors (Lipinski definition) is 5. The lowest BCUT2D eigenvalue weighted by Gasteiger charge is -2.08. The average Bonchev–Trinajstić information content (AvgIpc) is 2.28. The first kappa shape index (κ1) is 11.3. The molecule has 80 valence electrons. The van der Waals surface area contributed by atoms with Gasteiger partial charge in [0.15, 0.2) is 5.78 Å². The summed E-state index contributed by atoms with van der Waals surface area (Å²) in [4.78, 5) is 30.4. The number of ether oxygens (including phenoxy) is 1. The fraction of sp³-hybridized carbons (Fsp3) is 0.400. The van der Waals surface area contributed by atoms with Gasteiger partial charge in [0.25, 0.3) is 0 Å². The standard InChI is InChI=1S/C10H12N2O3/c1-3-15-10(14)7(2)9(13)8-4-11-6-12-5-8/h4-7H,3H2,1-2H3. The van der Waals surface area contributed by atoms with Crippen molar-refractivity contribution in [1.82, 2.24) is 9.97 Å². The molecular formula is C10H12N2O3. The van der Waals surface area contributed by atoms with Crippen molar-refractivity contribution >= 4 is 11.8 Å². The molecule has 0 spiro atoms. The third-order valence-corrected chi connectivity index (χ3v) is 1.88. The maximum Gasteiger partial charge on any atom is 0.316 e. The molecule has 1 aromatic rings. The van der Waals surface area contributed by atoms with Gasteiger partial charge in [0, 0.05) is 12.4 Å². The van der Waals surface area contributed by atoms with Gasteiger partial charge in [0.05, 0.1) is 12.2 Å². The van der Waals surface area contributed by atoms with Crippen LogP contribution >= 0.6 is 0 Å². The highest BCUT2D eigenvalue weighted by Crippen LogP contribution is 2.08. The van der Waals surface area contributed by atoms with Crippen molar-refractivity contribution in [1.29, 1.82) is 0 Å². The van der Waals surface area contributed by atoms with Crippen LogP contribution in [0.5, 0.6) is 0 Å². The summed E-state index contributed by atoms with van der Waals surface area (Å²) in [6.45, 7) is 3.47. The van der Waals surface area contributed by atoms with E-state index in [4.69, 9.17) is 4.74 Å². The molecular weight excluding hydrogens is 196 g/mol. The predicted molar refractivity (Wildman–Crippen MR) is 52.2 cm³/mol. The van der Waals surface area contributed by atoms with Crippen LogP contribution in [-0.2, 0) is 9.53 Å². The van der Waals surface area contributed by atoms with E-state index >= 15 is 0 Å². The lowest BCUT2D eigenvalue weighted by atomic mass is 10.0. The molecule has 1 rings (SSSR count). The van der Waals surface area contributed by atoms with E-state index in [0.29, 0.717) is 5.56 Å². The van der Waals surface area contributed by atoms with Gasteiger partial charge in [-0.25, -0.2) is 9.97 Å². The van der Waals surface area contributed by atoms with Crippen molar-refractivity contribution in [3.8, 4) is 0 Å². The molecule has 0 aliphatic heterocycles. The van der Waals surface area contributed by atoms with Gasteiger partial charge in [-0.3, -0.25) is 9.59 Å². The number of Topliss-reactive ketones (excluding diaryl/α,β-unsaturated/α-hetero) is 1. The van der Waals surface area contributed by atoms with Gasteiger partial charge in [0.2, 0.25) is 0 Å². The molecule has 0 aliphatic carbocycles. The summed E-state index contributed by atoms with van der Waals surface area (Å²) in [7, 11) is 0. The van der Waals surface area contributed by atoms with Crippen LogP contribution < -0.4 is 0 Å². The highest BCUT2D eigenvalue weighted by Gasteiger charge is 2.24. The van der Waals surface area contributed by atoms with Crippen molar-refractivity contribution < 1.29 is 14.3 Å². The Kier molecular flexibility index (Phi) is 3.91. The van der Waals surface area contributed by atoms with Crippen LogP contribution in [-0.4, -0.2) is 28.3 Å². The van der Waals surface area contributed by atoms with Crippen LogP contribution in [0.2, 0.25) is 0 Å². The van der Waals surface area contributed by atoms with Gasteiger partial charge in [-0.2, -0.15) is 0 Å². The third-order valence-electron chi connectivity index (χ3n) is 1.88. The zero-order chi connectivity index (χ0) is 11.3. The molecule has 0 aromatic carbocycles. The zero-order valence-electron chi connectivity index (χ0n) is 8.64. The maximum atomic E-state index is 11.7. The molecule has 5 nitrogen and oxygen atoms in total. The van der Waals surface area contributed by atoms with Crippen molar-refractivity contribution in [2.75, 3.05) is 6.61 Å². The first-order chi connectivity index (χ1) is 7.16. The van der Waals surface area contributed by atoms with E-state index < -0.39 is 11.9 Å². The monoisotopic (exact) mass is 208 g/mol. The van der Waals surface area contributed by atoms with E-state index in [1.807, 2.05) is 0 Å². The number of carbonyl (C=O) groups is 2. The number of carbonyl (C=O) groups excluding carboxylic acids is 2. The van der Waals surface area contributed by atoms with Crippen LogP contribution in [0, 0.1) is 5.92 Å². The average molecular weight is 208 g/mol. The number of nitrogens with zero attached hydrogens (tertiary/aromatic N) is 2. The normalized spacial score (nSPS) is 11.9. The Labute approximate surface area is 87.5 Å².